The number of benzene rings is 1. The van der Waals surface area contributed by atoms with Crippen molar-refractivity contribution in [2.75, 3.05) is 6.54 Å². The highest BCUT2D eigenvalue weighted by Crippen LogP contribution is 2.31. The van der Waals surface area contributed by atoms with E-state index in [0.29, 0.717) is 17.9 Å². The number of aliphatic hydroxyl groups is 1. The molecule has 2 saturated carbocycles. The Labute approximate surface area is 167 Å². The van der Waals surface area contributed by atoms with Gasteiger partial charge >= 0.3 is 0 Å². The van der Waals surface area contributed by atoms with Crippen molar-refractivity contribution in [3.63, 3.8) is 0 Å². The maximum atomic E-state index is 12.6. The van der Waals surface area contributed by atoms with Gasteiger partial charge in [0, 0.05) is 18.5 Å². The molecule has 1 amide bonds. The van der Waals surface area contributed by atoms with Crippen molar-refractivity contribution in [1.82, 2.24) is 15.3 Å². The van der Waals surface area contributed by atoms with Crippen molar-refractivity contribution in [2.24, 2.45) is 5.92 Å². The fourth-order valence-corrected chi connectivity index (χ4v) is 4.89. The van der Waals surface area contributed by atoms with Crippen LogP contribution in [0, 0.1) is 5.92 Å². The Kier molecular flexibility index (Phi) is 6.00. The van der Waals surface area contributed by atoms with Gasteiger partial charge < -0.3 is 15.4 Å². The predicted octanol–water partition coefficient (Wildman–Crippen LogP) is 4.50. The molecular weight excluding hydrogens is 350 g/mol. The summed E-state index contributed by atoms with van der Waals surface area (Å²) in [5, 5.41) is 13.9. The average Bonchev–Trinajstić information content (AvgIpc) is 2.90. The molecular formula is C23H33N3O2. The SMILES string of the molecule is O=C(NCC1CCCCCC1)c1ccc2nc(CC3(O)CCCCC3)[nH]c2c1. The number of carbonyl (C=O) groups excluding carboxylic acids is 1. The molecule has 1 heterocycles. The summed E-state index contributed by atoms with van der Waals surface area (Å²) < 4.78 is 0. The highest BCUT2D eigenvalue weighted by atomic mass is 16.3. The number of rotatable bonds is 5. The summed E-state index contributed by atoms with van der Waals surface area (Å²) in [6.45, 7) is 0.776. The summed E-state index contributed by atoms with van der Waals surface area (Å²) in [6, 6.07) is 5.64. The van der Waals surface area contributed by atoms with E-state index in [1.54, 1.807) is 0 Å². The van der Waals surface area contributed by atoms with Gasteiger partial charge in [0.2, 0.25) is 0 Å². The molecule has 0 atom stereocenters. The minimum atomic E-state index is -0.634. The molecule has 0 saturated heterocycles. The second-order valence-electron chi connectivity index (χ2n) is 8.94. The van der Waals surface area contributed by atoms with Gasteiger partial charge in [-0.05, 0) is 49.8 Å². The number of hydrogen-bond donors (Lipinski definition) is 3. The zero-order valence-electron chi connectivity index (χ0n) is 16.8. The number of aromatic nitrogens is 2. The minimum absolute atomic E-state index is 0.00629. The number of amides is 1. The predicted molar refractivity (Wildman–Crippen MR) is 111 cm³/mol. The molecule has 2 aromatic rings. The van der Waals surface area contributed by atoms with Gasteiger partial charge in [-0.2, -0.15) is 0 Å². The van der Waals surface area contributed by atoms with Crippen molar-refractivity contribution in [3.05, 3.63) is 29.6 Å². The molecule has 0 spiro atoms. The molecule has 0 bridgehead atoms. The zero-order chi connectivity index (χ0) is 19.4. The topological polar surface area (TPSA) is 78.0 Å². The van der Waals surface area contributed by atoms with Crippen LogP contribution in [-0.4, -0.2) is 33.1 Å². The number of nitrogens with one attached hydrogen (secondary N) is 2. The number of aromatic amines is 1. The lowest BCUT2D eigenvalue weighted by Gasteiger charge is -2.31. The summed E-state index contributed by atoms with van der Waals surface area (Å²) in [4.78, 5) is 20.6. The first-order valence-corrected chi connectivity index (χ1v) is 11.1. The van der Waals surface area contributed by atoms with Crippen LogP contribution in [0.3, 0.4) is 0 Å². The molecule has 4 rings (SSSR count). The lowest BCUT2D eigenvalue weighted by molar-refractivity contribution is 0.00299. The van der Waals surface area contributed by atoms with E-state index in [2.05, 4.69) is 15.3 Å². The van der Waals surface area contributed by atoms with Crippen LogP contribution in [0.5, 0.6) is 0 Å². The lowest BCUT2D eigenvalue weighted by atomic mass is 9.82. The maximum Gasteiger partial charge on any atom is 0.251 e. The number of nitrogens with zero attached hydrogens (tertiary/aromatic N) is 1. The Hall–Kier alpha value is -1.88. The summed E-state index contributed by atoms with van der Waals surface area (Å²) in [5.74, 6) is 1.42. The van der Waals surface area contributed by atoms with E-state index in [-0.39, 0.29) is 5.91 Å². The van der Waals surface area contributed by atoms with Crippen LogP contribution < -0.4 is 5.32 Å². The van der Waals surface area contributed by atoms with Gasteiger partial charge in [0.1, 0.15) is 5.82 Å². The Morgan fingerprint density at radius 2 is 1.82 bits per heavy atom. The number of fused-ring (bicyclic) bond motifs is 1. The van der Waals surface area contributed by atoms with E-state index >= 15 is 0 Å². The quantitative estimate of drug-likeness (QED) is 0.665. The van der Waals surface area contributed by atoms with E-state index in [4.69, 9.17) is 0 Å². The van der Waals surface area contributed by atoms with Crippen molar-refractivity contribution >= 4 is 16.9 Å². The van der Waals surface area contributed by atoms with E-state index in [1.807, 2.05) is 18.2 Å². The normalized spacial score (nSPS) is 20.8. The Morgan fingerprint density at radius 3 is 2.57 bits per heavy atom. The summed E-state index contributed by atoms with van der Waals surface area (Å²) in [5.41, 5.74) is 1.77. The van der Waals surface area contributed by atoms with Crippen molar-refractivity contribution in [1.29, 1.82) is 0 Å². The third-order valence-corrected chi connectivity index (χ3v) is 6.60. The maximum absolute atomic E-state index is 12.6. The first-order chi connectivity index (χ1) is 13.6. The van der Waals surface area contributed by atoms with Crippen LogP contribution in [0.1, 0.15) is 86.8 Å². The number of H-pyrrole nitrogens is 1. The number of carbonyl (C=O) groups is 1. The second kappa shape index (κ2) is 8.64. The van der Waals surface area contributed by atoms with Gasteiger partial charge in [0.05, 0.1) is 16.6 Å². The highest BCUT2D eigenvalue weighted by Gasteiger charge is 2.30. The van der Waals surface area contributed by atoms with Crippen LogP contribution in [-0.2, 0) is 6.42 Å². The van der Waals surface area contributed by atoms with E-state index in [0.717, 1.165) is 49.1 Å². The monoisotopic (exact) mass is 383 g/mol. The first kappa shape index (κ1) is 19.4. The fourth-order valence-electron chi connectivity index (χ4n) is 4.89. The average molecular weight is 384 g/mol. The first-order valence-electron chi connectivity index (χ1n) is 11.1. The largest absolute Gasteiger partial charge is 0.389 e. The van der Waals surface area contributed by atoms with Crippen LogP contribution in [0.2, 0.25) is 0 Å². The van der Waals surface area contributed by atoms with Crippen LogP contribution in [0.15, 0.2) is 18.2 Å². The third-order valence-electron chi connectivity index (χ3n) is 6.60. The molecule has 3 N–H and O–H groups in total. The molecule has 152 valence electrons. The minimum Gasteiger partial charge on any atom is -0.389 e. The Bertz CT molecular complexity index is 799. The Morgan fingerprint density at radius 1 is 1.11 bits per heavy atom. The molecule has 2 aliphatic rings. The van der Waals surface area contributed by atoms with E-state index < -0.39 is 5.60 Å². The van der Waals surface area contributed by atoms with Gasteiger partial charge in [-0.3, -0.25) is 4.79 Å². The third kappa shape index (κ3) is 4.75. The molecule has 5 heteroatoms. The molecule has 2 aliphatic carbocycles. The summed E-state index contributed by atoms with van der Waals surface area (Å²) in [6.07, 6.45) is 13.3. The summed E-state index contributed by atoms with van der Waals surface area (Å²) in [7, 11) is 0. The molecule has 0 unspecified atom stereocenters. The Balaban J connectivity index is 1.40. The number of imidazole rings is 1. The lowest BCUT2D eigenvalue weighted by Crippen LogP contribution is -2.34. The standard InChI is InChI=1S/C23H33N3O2/c27-22(24-16-17-8-4-1-2-5-9-17)18-10-11-19-20(14-18)26-21(25-19)15-23(28)12-6-3-7-13-23/h10-11,14,17,28H,1-9,12-13,15-16H2,(H,24,27)(H,25,26). The van der Waals surface area contributed by atoms with Crippen molar-refractivity contribution in [3.8, 4) is 0 Å². The van der Waals surface area contributed by atoms with Gasteiger partial charge in [-0.25, -0.2) is 4.98 Å². The second-order valence-corrected chi connectivity index (χ2v) is 8.94. The van der Waals surface area contributed by atoms with E-state index in [9.17, 15) is 9.90 Å². The molecule has 0 radical (unpaired) electrons. The van der Waals surface area contributed by atoms with Crippen molar-refractivity contribution in [2.45, 2.75) is 82.7 Å². The van der Waals surface area contributed by atoms with Gasteiger partial charge in [0.15, 0.2) is 0 Å². The molecule has 1 aromatic carbocycles. The van der Waals surface area contributed by atoms with Crippen LogP contribution in [0.25, 0.3) is 11.0 Å². The van der Waals surface area contributed by atoms with Crippen LogP contribution in [0.4, 0.5) is 0 Å². The molecule has 0 aliphatic heterocycles. The zero-order valence-corrected chi connectivity index (χ0v) is 16.8. The van der Waals surface area contributed by atoms with Gasteiger partial charge in [-0.15, -0.1) is 0 Å². The van der Waals surface area contributed by atoms with Gasteiger partial charge in [-0.1, -0.05) is 44.9 Å². The smallest absolute Gasteiger partial charge is 0.251 e. The highest BCUT2D eigenvalue weighted by molar-refractivity contribution is 5.97. The number of hydrogen-bond acceptors (Lipinski definition) is 3. The molecule has 2 fully saturated rings. The summed E-state index contributed by atoms with van der Waals surface area (Å²) >= 11 is 0. The van der Waals surface area contributed by atoms with Crippen LogP contribution >= 0.6 is 0 Å². The molecule has 1 aromatic heterocycles. The molecule has 28 heavy (non-hydrogen) atoms. The fraction of sp³-hybridized carbons (Fsp3) is 0.652. The molecule has 5 nitrogen and oxygen atoms in total. The van der Waals surface area contributed by atoms with Gasteiger partial charge in [0.25, 0.3) is 5.91 Å². The van der Waals surface area contributed by atoms with E-state index in [1.165, 1.54) is 44.9 Å². The van der Waals surface area contributed by atoms with Crippen molar-refractivity contribution < 1.29 is 9.90 Å².